The maximum absolute atomic E-state index is 12.0. The minimum Gasteiger partial charge on any atom is -0.462 e. The number of carbonyl (C=O) groups excluding carboxylic acids is 1. The van der Waals surface area contributed by atoms with Crippen molar-refractivity contribution in [2.24, 2.45) is 5.92 Å². The lowest BCUT2D eigenvalue weighted by molar-refractivity contribution is -0.131. The van der Waals surface area contributed by atoms with Gasteiger partial charge in [0.05, 0.1) is 24.9 Å². The van der Waals surface area contributed by atoms with Gasteiger partial charge in [-0.3, -0.25) is 0 Å². The summed E-state index contributed by atoms with van der Waals surface area (Å²) in [5, 5.41) is 0. The van der Waals surface area contributed by atoms with E-state index in [1.165, 1.54) is 0 Å². The van der Waals surface area contributed by atoms with Gasteiger partial charge in [0.15, 0.2) is 6.29 Å². The second kappa shape index (κ2) is 9.65. The average molecular weight is 322 g/mol. The molecule has 5 nitrogen and oxygen atoms in total. The van der Waals surface area contributed by atoms with Gasteiger partial charge in [-0.15, -0.1) is 0 Å². The monoisotopic (exact) mass is 322 g/mol. The molecule has 3 atom stereocenters. The van der Waals surface area contributed by atoms with Crippen molar-refractivity contribution in [2.75, 3.05) is 26.9 Å². The molecule has 0 spiro atoms. The SMILES string of the molecule is CCCCOC[C@H]1OC(OC)C[C@@H]1COC(=O)c1ccccc1. The molecule has 1 aliphatic heterocycles. The average Bonchev–Trinajstić information content (AvgIpc) is 2.99. The highest BCUT2D eigenvalue weighted by Gasteiger charge is 2.36. The number of rotatable bonds is 9. The quantitative estimate of drug-likeness (QED) is 0.517. The summed E-state index contributed by atoms with van der Waals surface area (Å²) in [4.78, 5) is 12.0. The number of unbranched alkanes of at least 4 members (excludes halogenated alkanes) is 1. The van der Waals surface area contributed by atoms with Crippen LogP contribution < -0.4 is 0 Å². The third-order valence-electron chi connectivity index (χ3n) is 3.97. The van der Waals surface area contributed by atoms with Crippen LogP contribution in [-0.2, 0) is 18.9 Å². The van der Waals surface area contributed by atoms with Crippen LogP contribution in [0, 0.1) is 5.92 Å². The van der Waals surface area contributed by atoms with Crippen molar-refractivity contribution in [1.82, 2.24) is 0 Å². The Morgan fingerprint density at radius 3 is 2.74 bits per heavy atom. The summed E-state index contributed by atoms with van der Waals surface area (Å²) in [6.45, 7) is 3.68. The van der Waals surface area contributed by atoms with E-state index in [1.54, 1.807) is 19.2 Å². The Morgan fingerprint density at radius 1 is 1.26 bits per heavy atom. The molecule has 23 heavy (non-hydrogen) atoms. The normalized spacial score (nSPS) is 23.8. The number of hydrogen-bond acceptors (Lipinski definition) is 5. The van der Waals surface area contributed by atoms with Gasteiger partial charge in [0.25, 0.3) is 0 Å². The van der Waals surface area contributed by atoms with Crippen LogP contribution in [0.1, 0.15) is 36.5 Å². The zero-order chi connectivity index (χ0) is 16.5. The van der Waals surface area contributed by atoms with Gasteiger partial charge in [0.2, 0.25) is 0 Å². The molecule has 0 N–H and O–H groups in total. The van der Waals surface area contributed by atoms with Crippen LogP contribution in [0.15, 0.2) is 30.3 Å². The third kappa shape index (κ3) is 5.61. The maximum atomic E-state index is 12.0. The van der Waals surface area contributed by atoms with Gasteiger partial charge in [0, 0.05) is 26.1 Å². The summed E-state index contributed by atoms with van der Waals surface area (Å²) >= 11 is 0. The molecule has 0 radical (unpaired) electrons. The van der Waals surface area contributed by atoms with Gasteiger partial charge < -0.3 is 18.9 Å². The molecule has 1 heterocycles. The van der Waals surface area contributed by atoms with E-state index >= 15 is 0 Å². The molecule has 128 valence electrons. The van der Waals surface area contributed by atoms with E-state index in [-0.39, 0.29) is 24.3 Å². The fourth-order valence-electron chi connectivity index (χ4n) is 2.55. The van der Waals surface area contributed by atoms with E-state index in [4.69, 9.17) is 18.9 Å². The van der Waals surface area contributed by atoms with E-state index < -0.39 is 0 Å². The Balaban J connectivity index is 1.81. The van der Waals surface area contributed by atoms with Gasteiger partial charge in [-0.25, -0.2) is 4.79 Å². The van der Waals surface area contributed by atoms with Crippen molar-refractivity contribution in [1.29, 1.82) is 0 Å². The van der Waals surface area contributed by atoms with Crippen molar-refractivity contribution < 1.29 is 23.7 Å². The first kappa shape index (κ1) is 17.9. The topological polar surface area (TPSA) is 54.0 Å². The Morgan fingerprint density at radius 2 is 2.04 bits per heavy atom. The molecular weight excluding hydrogens is 296 g/mol. The van der Waals surface area contributed by atoms with Gasteiger partial charge in [0.1, 0.15) is 0 Å². The minimum atomic E-state index is -0.308. The summed E-state index contributed by atoms with van der Waals surface area (Å²) in [7, 11) is 1.62. The molecule has 0 saturated carbocycles. The van der Waals surface area contributed by atoms with Gasteiger partial charge >= 0.3 is 5.97 Å². The molecule has 1 unspecified atom stereocenters. The second-order valence-electron chi connectivity index (χ2n) is 5.73. The molecule has 2 rings (SSSR count). The summed E-state index contributed by atoms with van der Waals surface area (Å²) < 4.78 is 22.2. The lowest BCUT2D eigenvalue weighted by atomic mass is 10.0. The highest BCUT2D eigenvalue weighted by Crippen LogP contribution is 2.28. The molecule has 0 bridgehead atoms. The van der Waals surface area contributed by atoms with Gasteiger partial charge in [-0.2, -0.15) is 0 Å². The summed E-state index contributed by atoms with van der Waals surface area (Å²) in [5.74, 6) is -0.216. The Labute approximate surface area is 137 Å². The molecular formula is C18H26O5. The molecule has 0 aromatic heterocycles. The van der Waals surface area contributed by atoms with Crippen molar-refractivity contribution in [2.45, 2.75) is 38.6 Å². The molecule has 0 amide bonds. The van der Waals surface area contributed by atoms with Crippen LogP contribution in [0.4, 0.5) is 0 Å². The molecule has 1 fully saturated rings. The van der Waals surface area contributed by atoms with Crippen molar-refractivity contribution >= 4 is 5.97 Å². The van der Waals surface area contributed by atoms with Crippen LogP contribution in [-0.4, -0.2) is 45.3 Å². The summed E-state index contributed by atoms with van der Waals surface area (Å²) in [6, 6.07) is 9.00. The predicted molar refractivity (Wildman–Crippen MR) is 86.2 cm³/mol. The van der Waals surface area contributed by atoms with Crippen LogP contribution in [0.2, 0.25) is 0 Å². The van der Waals surface area contributed by atoms with Crippen LogP contribution >= 0.6 is 0 Å². The highest BCUT2D eigenvalue weighted by atomic mass is 16.7. The number of benzene rings is 1. The van der Waals surface area contributed by atoms with E-state index in [9.17, 15) is 4.79 Å². The molecule has 1 aliphatic rings. The number of esters is 1. The van der Waals surface area contributed by atoms with Crippen LogP contribution in [0.25, 0.3) is 0 Å². The first-order valence-corrected chi connectivity index (χ1v) is 8.22. The molecule has 5 heteroatoms. The summed E-state index contributed by atoms with van der Waals surface area (Å²) in [6.07, 6.45) is 2.49. The van der Waals surface area contributed by atoms with E-state index in [0.29, 0.717) is 25.2 Å². The molecule has 1 aromatic carbocycles. The lowest BCUT2D eigenvalue weighted by Crippen LogP contribution is -2.27. The number of hydrogen-bond donors (Lipinski definition) is 0. The van der Waals surface area contributed by atoms with Crippen molar-refractivity contribution in [3.63, 3.8) is 0 Å². The lowest BCUT2D eigenvalue weighted by Gasteiger charge is -2.18. The first-order chi connectivity index (χ1) is 11.2. The Kier molecular flexibility index (Phi) is 7.52. The second-order valence-corrected chi connectivity index (χ2v) is 5.73. The van der Waals surface area contributed by atoms with Crippen molar-refractivity contribution in [3.05, 3.63) is 35.9 Å². The number of carbonyl (C=O) groups is 1. The fourth-order valence-corrected chi connectivity index (χ4v) is 2.55. The smallest absolute Gasteiger partial charge is 0.338 e. The van der Waals surface area contributed by atoms with E-state index in [1.807, 2.05) is 18.2 Å². The third-order valence-corrected chi connectivity index (χ3v) is 3.97. The largest absolute Gasteiger partial charge is 0.462 e. The Hall–Kier alpha value is -1.43. The Bertz CT molecular complexity index is 462. The van der Waals surface area contributed by atoms with Crippen LogP contribution in [0.5, 0.6) is 0 Å². The first-order valence-electron chi connectivity index (χ1n) is 8.22. The fraction of sp³-hybridized carbons (Fsp3) is 0.611. The highest BCUT2D eigenvalue weighted by molar-refractivity contribution is 5.89. The van der Waals surface area contributed by atoms with Crippen LogP contribution in [0.3, 0.4) is 0 Å². The zero-order valence-electron chi connectivity index (χ0n) is 13.9. The minimum absolute atomic E-state index is 0.0919. The molecule has 0 aliphatic carbocycles. The van der Waals surface area contributed by atoms with Gasteiger partial charge in [-0.05, 0) is 18.6 Å². The predicted octanol–water partition coefficient (Wildman–Crippen LogP) is 3.04. The van der Waals surface area contributed by atoms with E-state index in [0.717, 1.165) is 19.4 Å². The molecule has 1 aromatic rings. The zero-order valence-corrected chi connectivity index (χ0v) is 13.9. The maximum Gasteiger partial charge on any atom is 0.338 e. The standard InChI is InChI=1S/C18H26O5/c1-3-4-10-21-13-16-15(11-17(20-2)23-16)12-22-18(19)14-8-6-5-7-9-14/h5-9,15-17H,3-4,10-13H2,1-2H3/t15-,16-,17?/m1/s1. The number of ether oxygens (including phenoxy) is 4. The van der Waals surface area contributed by atoms with Gasteiger partial charge in [-0.1, -0.05) is 31.5 Å². The summed E-state index contributed by atoms with van der Waals surface area (Å²) in [5.41, 5.74) is 0.561. The van der Waals surface area contributed by atoms with Crippen molar-refractivity contribution in [3.8, 4) is 0 Å². The molecule has 1 saturated heterocycles. The van der Waals surface area contributed by atoms with E-state index in [2.05, 4.69) is 6.92 Å². The number of methoxy groups -OCH3 is 1.